The lowest BCUT2D eigenvalue weighted by Crippen LogP contribution is -2.58. The summed E-state index contributed by atoms with van der Waals surface area (Å²) in [6.07, 6.45) is 9.31. The van der Waals surface area contributed by atoms with Crippen molar-refractivity contribution < 1.29 is 23.2 Å². The summed E-state index contributed by atoms with van der Waals surface area (Å²) in [4.78, 5) is 0. The third kappa shape index (κ3) is 3.88. The predicted octanol–water partition coefficient (Wildman–Crippen LogP) is 4.28. The molecule has 0 bridgehead atoms. The molecule has 4 aliphatic carbocycles. The van der Waals surface area contributed by atoms with E-state index >= 15 is 0 Å². The SMILES string of the molecule is C[C@H](CCCS(=O)(=O)O)C1CCC2C3C(O)C[C@@H]4C[C@H](O)CC[C@]4(C)C3CC[C@@]21C. The first kappa shape index (κ1) is 23.0. The van der Waals surface area contributed by atoms with E-state index in [-0.39, 0.29) is 28.8 Å². The number of aliphatic hydroxyl groups excluding tert-OH is 2. The molecule has 6 heteroatoms. The highest BCUT2D eigenvalue weighted by Gasteiger charge is 2.62. The van der Waals surface area contributed by atoms with E-state index in [1.807, 2.05) is 0 Å². The molecule has 0 aromatic rings. The third-order valence-corrected chi connectivity index (χ3v) is 11.3. The third-order valence-electron chi connectivity index (χ3n) is 10.5. The summed E-state index contributed by atoms with van der Waals surface area (Å²) in [6.45, 7) is 7.14. The van der Waals surface area contributed by atoms with Crippen LogP contribution in [0.1, 0.15) is 85.0 Å². The predicted molar refractivity (Wildman–Crippen MR) is 117 cm³/mol. The lowest BCUT2D eigenvalue weighted by Gasteiger charge is -2.62. The molecule has 3 N–H and O–H groups in total. The molecular weight excluding hydrogens is 400 g/mol. The molecule has 0 aromatic carbocycles. The normalized spacial score (nSPS) is 49.7. The van der Waals surface area contributed by atoms with Gasteiger partial charge < -0.3 is 10.2 Å². The fourth-order valence-corrected chi connectivity index (χ4v) is 9.50. The molecule has 4 saturated carbocycles. The molecular formula is C24H42O5S. The zero-order chi connectivity index (χ0) is 21.9. The minimum absolute atomic E-state index is 0.140. The molecule has 0 aliphatic heterocycles. The van der Waals surface area contributed by atoms with Crippen LogP contribution in [0.5, 0.6) is 0 Å². The van der Waals surface area contributed by atoms with Crippen molar-refractivity contribution in [3.05, 3.63) is 0 Å². The molecule has 5 nitrogen and oxygen atoms in total. The van der Waals surface area contributed by atoms with E-state index in [9.17, 15) is 18.6 Å². The number of hydrogen-bond acceptors (Lipinski definition) is 4. The second kappa shape index (κ2) is 8.00. The van der Waals surface area contributed by atoms with Gasteiger partial charge in [0.15, 0.2) is 0 Å². The van der Waals surface area contributed by atoms with Gasteiger partial charge in [-0.2, -0.15) is 8.42 Å². The molecule has 4 fully saturated rings. The molecule has 0 heterocycles. The molecule has 174 valence electrons. The van der Waals surface area contributed by atoms with Gasteiger partial charge in [-0.05, 0) is 111 Å². The van der Waals surface area contributed by atoms with Crippen molar-refractivity contribution in [3.63, 3.8) is 0 Å². The molecule has 0 spiro atoms. The quantitative estimate of drug-likeness (QED) is 0.552. The Balaban J connectivity index is 1.50. The van der Waals surface area contributed by atoms with E-state index in [1.165, 1.54) is 25.7 Å². The number of hydrogen-bond donors (Lipinski definition) is 3. The average molecular weight is 443 g/mol. The molecule has 0 aromatic heterocycles. The maximum atomic E-state index is 11.3. The Morgan fingerprint density at radius 3 is 2.33 bits per heavy atom. The number of fused-ring (bicyclic) bond motifs is 5. The highest BCUT2D eigenvalue weighted by Crippen LogP contribution is 2.68. The van der Waals surface area contributed by atoms with Gasteiger partial charge in [0.05, 0.1) is 18.0 Å². The van der Waals surface area contributed by atoms with Crippen molar-refractivity contribution in [2.24, 2.45) is 46.3 Å². The Morgan fingerprint density at radius 1 is 0.967 bits per heavy atom. The highest BCUT2D eigenvalue weighted by atomic mass is 32.2. The van der Waals surface area contributed by atoms with Crippen LogP contribution in [-0.4, -0.2) is 41.1 Å². The minimum Gasteiger partial charge on any atom is -0.393 e. The smallest absolute Gasteiger partial charge is 0.264 e. The van der Waals surface area contributed by atoms with Crippen molar-refractivity contribution in [3.8, 4) is 0 Å². The Labute approximate surface area is 182 Å². The van der Waals surface area contributed by atoms with E-state index in [4.69, 9.17) is 4.55 Å². The van der Waals surface area contributed by atoms with E-state index in [0.29, 0.717) is 41.9 Å². The first-order valence-corrected chi connectivity index (χ1v) is 13.9. The van der Waals surface area contributed by atoms with E-state index in [2.05, 4.69) is 20.8 Å². The van der Waals surface area contributed by atoms with Crippen LogP contribution in [0.15, 0.2) is 0 Å². The second-order valence-electron chi connectivity index (χ2n) is 11.9. The molecule has 4 rings (SSSR count). The highest BCUT2D eigenvalue weighted by molar-refractivity contribution is 7.85. The summed E-state index contributed by atoms with van der Waals surface area (Å²) in [5.74, 6) is 2.78. The lowest BCUT2D eigenvalue weighted by atomic mass is 9.43. The first-order chi connectivity index (χ1) is 14.0. The van der Waals surface area contributed by atoms with Crippen LogP contribution in [0.2, 0.25) is 0 Å². The topological polar surface area (TPSA) is 94.8 Å². The fraction of sp³-hybridized carbons (Fsp3) is 1.00. The maximum absolute atomic E-state index is 11.3. The Morgan fingerprint density at radius 2 is 1.63 bits per heavy atom. The van der Waals surface area contributed by atoms with Gasteiger partial charge in [0, 0.05) is 0 Å². The molecule has 0 saturated heterocycles. The molecule has 30 heavy (non-hydrogen) atoms. The van der Waals surface area contributed by atoms with Gasteiger partial charge in [0.1, 0.15) is 0 Å². The molecule has 0 radical (unpaired) electrons. The van der Waals surface area contributed by atoms with E-state index in [0.717, 1.165) is 32.1 Å². The van der Waals surface area contributed by atoms with Crippen LogP contribution >= 0.6 is 0 Å². The monoisotopic (exact) mass is 442 g/mol. The van der Waals surface area contributed by atoms with Crippen molar-refractivity contribution in [2.45, 2.75) is 97.2 Å². The second-order valence-corrected chi connectivity index (χ2v) is 13.4. The van der Waals surface area contributed by atoms with Gasteiger partial charge in [0.2, 0.25) is 0 Å². The minimum atomic E-state index is -3.88. The van der Waals surface area contributed by atoms with Gasteiger partial charge in [-0.1, -0.05) is 20.8 Å². The maximum Gasteiger partial charge on any atom is 0.264 e. The summed E-state index contributed by atoms with van der Waals surface area (Å²) >= 11 is 0. The van der Waals surface area contributed by atoms with Crippen LogP contribution in [0.3, 0.4) is 0 Å². The summed E-state index contributed by atoms with van der Waals surface area (Å²) < 4.78 is 31.2. The molecule has 4 aliphatic rings. The van der Waals surface area contributed by atoms with Crippen LogP contribution in [-0.2, 0) is 10.1 Å². The Kier molecular flexibility index (Phi) is 6.13. The zero-order valence-electron chi connectivity index (χ0n) is 19.0. The standard InChI is InChI=1S/C24H42O5S/c1-15(5-4-12-30(27,28)29)18-6-7-19-22-20(9-11-24(18,19)3)23(2)10-8-17(25)13-16(23)14-21(22)26/h15-22,25-26H,4-14H2,1-3H3,(H,27,28,29)/t15-,16+,17-,18?,19?,20?,21?,22?,23+,24-/m1/s1. The van der Waals surface area contributed by atoms with Gasteiger partial charge in [-0.3, -0.25) is 4.55 Å². The van der Waals surface area contributed by atoms with Crippen LogP contribution in [0.4, 0.5) is 0 Å². The van der Waals surface area contributed by atoms with Gasteiger partial charge in [0.25, 0.3) is 10.1 Å². The first-order valence-electron chi connectivity index (χ1n) is 12.3. The van der Waals surface area contributed by atoms with Crippen LogP contribution in [0.25, 0.3) is 0 Å². The van der Waals surface area contributed by atoms with Crippen LogP contribution < -0.4 is 0 Å². The average Bonchev–Trinajstić information content (AvgIpc) is 2.99. The van der Waals surface area contributed by atoms with E-state index in [1.54, 1.807) is 0 Å². The molecule has 0 amide bonds. The van der Waals surface area contributed by atoms with Crippen molar-refractivity contribution in [2.75, 3.05) is 5.75 Å². The van der Waals surface area contributed by atoms with Gasteiger partial charge in [-0.25, -0.2) is 0 Å². The van der Waals surface area contributed by atoms with Gasteiger partial charge >= 0.3 is 0 Å². The fourth-order valence-electron chi connectivity index (χ4n) is 8.96. The Hall–Kier alpha value is -0.170. The summed E-state index contributed by atoms with van der Waals surface area (Å²) in [5, 5.41) is 21.5. The summed E-state index contributed by atoms with van der Waals surface area (Å²) in [6, 6.07) is 0. The van der Waals surface area contributed by atoms with Crippen molar-refractivity contribution in [1.29, 1.82) is 0 Å². The number of aliphatic hydroxyl groups is 2. The Bertz CT molecular complexity index is 738. The lowest BCUT2D eigenvalue weighted by molar-refractivity contribution is -0.174. The number of rotatable bonds is 5. The largest absolute Gasteiger partial charge is 0.393 e. The van der Waals surface area contributed by atoms with Crippen LogP contribution in [0, 0.1) is 46.3 Å². The van der Waals surface area contributed by atoms with Crippen molar-refractivity contribution in [1.82, 2.24) is 0 Å². The van der Waals surface area contributed by atoms with Gasteiger partial charge in [-0.15, -0.1) is 0 Å². The zero-order valence-corrected chi connectivity index (χ0v) is 19.8. The molecule has 10 atom stereocenters. The summed E-state index contributed by atoms with van der Waals surface area (Å²) in [5.41, 5.74) is 0.473. The molecule has 5 unspecified atom stereocenters. The van der Waals surface area contributed by atoms with Crippen molar-refractivity contribution >= 4 is 10.1 Å². The van der Waals surface area contributed by atoms with E-state index < -0.39 is 10.1 Å². The summed E-state index contributed by atoms with van der Waals surface area (Å²) in [7, 11) is -3.88.